The van der Waals surface area contributed by atoms with Gasteiger partial charge >= 0.3 is 0 Å². The van der Waals surface area contributed by atoms with Gasteiger partial charge in [-0.1, -0.05) is 6.92 Å². The van der Waals surface area contributed by atoms with Crippen molar-refractivity contribution in [3.8, 4) is 0 Å². The van der Waals surface area contributed by atoms with E-state index in [0.29, 0.717) is 18.1 Å². The molecule has 2 heterocycles. The molecule has 0 aromatic heterocycles. The van der Waals surface area contributed by atoms with Crippen LogP contribution < -0.4 is 5.32 Å². The van der Waals surface area contributed by atoms with Gasteiger partial charge in [-0.15, -0.1) is 0 Å². The lowest BCUT2D eigenvalue weighted by Gasteiger charge is -2.44. The summed E-state index contributed by atoms with van der Waals surface area (Å²) in [6.45, 7) is 7.50. The highest BCUT2D eigenvalue weighted by Gasteiger charge is 2.33. The normalized spacial score (nSPS) is 35.0. The van der Waals surface area contributed by atoms with Crippen molar-refractivity contribution in [1.29, 1.82) is 0 Å². The van der Waals surface area contributed by atoms with Crippen LogP contribution in [0.4, 0.5) is 0 Å². The van der Waals surface area contributed by atoms with Crippen molar-refractivity contribution < 1.29 is 4.74 Å². The highest BCUT2D eigenvalue weighted by Crippen LogP contribution is 2.20. The van der Waals surface area contributed by atoms with E-state index in [1.807, 2.05) is 0 Å². The van der Waals surface area contributed by atoms with Crippen molar-refractivity contribution >= 4 is 0 Å². The number of nitrogens with one attached hydrogen (secondary N) is 1. The third kappa shape index (κ3) is 3.44. The van der Waals surface area contributed by atoms with Crippen LogP contribution >= 0.6 is 0 Å². The molecule has 1 N–H and O–H groups in total. The minimum atomic E-state index is 0.537. The fourth-order valence-corrected chi connectivity index (χ4v) is 3.37. The summed E-state index contributed by atoms with van der Waals surface area (Å²) in [6, 6.07) is 1.83. The molecule has 0 spiro atoms. The number of piperidine rings is 1. The van der Waals surface area contributed by atoms with E-state index < -0.39 is 0 Å². The van der Waals surface area contributed by atoms with E-state index in [-0.39, 0.29) is 0 Å². The minimum absolute atomic E-state index is 0.537. The van der Waals surface area contributed by atoms with Crippen LogP contribution in [0.1, 0.15) is 26.2 Å². The summed E-state index contributed by atoms with van der Waals surface area (Å²) in [7, 11) is 4.52. The molecular weight excluding hydrogens is 226 g/mol. The molecule has 0 bridgehead atoms. The zero-order chi connectivity index (χ0) is 13.0. The van der Waals surface area contributed by atoms with Crippen molar-refractivity contribution in [1.82, 2.24) is 15.1 Å². The first kappa shape index (κ1) is 14.3. The monoisotopic (exact) mass is 255 g/mol. The molecule has 106 valence electrons. The van der Waals surface area contributed by atoms with E-state index >= 15 is 0 Å². The molecule has 0 saturated carbocycles. The van der Waals surface area contributed by atoms with Gasteiger partial charge < -0.3 is 15.0 Å². The van der Waals surface area contributed by atoms with Gasteiger partial charge in [-0.05, 0) is 46.4 Å². The Morgan fingerprint density at radius 3 is 2.94 bits per heavy atom. The fraction of sp³-hybridized carbons (Fsp3) is 1.00. The van der Waals surface area contributed by atoms with Crippen LogP contribution in [-0.4, -0.2) is 74.9 Å². The first-order valence-corrected chi connectivity index (χ1v) is 7.44. The summed E-state index contributed by atoms with van der Waals surface area (Å²) in [4.78, 5) is 5.03. The lowest BCUT2D eigenvalue weighted by Crippen LogP contribution is -2.59. The smallest absolute Gasteiger partial charge is 0.0637 e. The Morgan fingerprint density at radius 1 is 1.39 bits per heavy atom. The van der Waals surface area contributed by atoms with Gasteiger partial charge in [0.05, 0.1) is 6.61 Å². The van der Waals surface area contributed by atoms with Crippen LogP contribution in [-0.2, 0) is 4.74 Å². The lowest BCUT2D eigenvalue weighted by atomic mass is 9.97. The van der Waals surface area contributed by atoms with Gasteiger partial charge in [0.1, 0.15) is 0 Å². The lowest BCUT2D eigenvalue weighted by molar-refractivity contribution is -0.0190. The standard InChI is InChI=1S/C14H29N3O/c1-4-15-13-7-9-18-11-14(13)17(3)12-6-5-8-16(2)10-12/h12-15H,4-11H2,1-3H3. The van der Waals surface area contributed by atoms with E-state index in [0.717, 1.165) is 26.2 Å². The maximum absolute atomic E-state index is 5.70. The van der Waals surface area contributed by atoms with Crippen LogP contribution in [0.2, 0.25) is 0 Å². The summed E-state index contributed by atoms with van der Waals surface area (Å²) in [5, 5.41) is 3.63. The SMILES string of the molecule is CCNC1CCOCC1N(C)C1CCCN(C)C1. The van der Waals surface area contributed by atoms with Crippen LogP contribution in [0, 0.1) is 0 Å². The predicted molar refractivity (Wildman–Crippen MR) is 75.0 cm³/mol. The van der Waals surface area contributed by atoms with Gasteiger partial charge in [-0.25, -0.2) is 0 Å². The van der Waals surface area contributed by atoms with Gasteiger partial charge in [0.2, 0.25) is 0 Å². The molecule has 18 heavy (non-hydrogen) atoms. The van der Waals surface area contributed by atoms with Crippen molar-refractivity contribution in [2.24, 2.45) is 0 Å². The molecule has 0 aliphatic carbocycles. The van der Waals surface area contributed by atoms with Gasteiger partial charge in [0.15, 0.2) is 0 Å². The molecule has 2 aliphatic heterocycles. The Hall–Kier alpha value is -0.160. The van der Waals surface area contributed by atoms with E-state index in [4.69, 9.17) is 4.74 Å². The van der Waals surface area contributed by atoms with E-state index in [2.05, 4.69) is 36.1 Å². The van der Waals surface area contributed by atoms with Gasteiger partial charge in [0, 0.05) is 31.3 Å². The number of hydrogen-bond donors (Lipinski definition) is 1. The first-order chi connectivity index (χ1) is 8.72. The van der Waals surface area contributed by atoms with E-state index in [1.165, 1.54) is 25.9 Å². The largest absolute Gasteiger partial charge is 0.380 e. The van der Waals surface area contributed by atoms with Crippen LogP contribution in [0.5, 0.6) is 0 Å². The summed E-state index contributed by atoms with van der Waals surface area (Å²) >= 11 is 0. The Morgan fingerprint density at radius 2 is 2.22 bits per heavy atom. The van der Waals surface area contributed by atoms with Crippen molar-refractivity contribution in [3.63, 3.8) is 0 Å². The molecule has 3 atom stereocenters. The Kier molecular flexibility index (Phi) is 5.42. The Balaban J connectivity index is 1.94. The minimum Gasteiger partial charge on any atom is -0.380 e. The van der Waals surface area contributed by atoms with Crippen LogP contribution in [0.15, 0.2) is 0 Å². The van der Waals surface area contributed by atoms with Gasteiger partial charge in [-0.2, -0.15) is 0 Å². The topological polar surface area (TPSA) is 27.7 Å². The van der Waals surface area contributed by atoms with Gasteiger partial charge in [0.25, 0.3) is 0 Å². The maximum Gasteiger partial charge on any atom is 0.0637 e. The van der Waals surface area contributed by atoms with Gasteiger partial charge in [-0.3, -0.25) is 4.90 Å². The molecule has 0 aromatic carbocycles. The summed E-state index contributed by atoms with van der Waals surface area (Å²) in [6.07, 6.45) is 3.80. The number of hydrogen-bond acceptors (Lipinski definition) is 4. The fourth-order valence-electron chi connectivity index (χ4n) is 3.37. The van der Waals surface area contributed by atoms with E-state index in [9.17, 15) is 0 Å². The molecule has 0 radical (unpaired) electrons. The molecule has 0 amide bonds. The highest BCUT2D eigenvalue weighted by molar-refractivity contribution is 4.90. The average Bonchev–Trinajstić information content (AvgIpc) is 2.39. The predicted octanol–water partition coefficient (Wildman–Crippen LogP) is 0.779. The molecule has 4 nitrogen and oxygen atoms in total. The number of likely N-dealkylation sites (N-methyl/N-ethyl adjacent to an activating group) is 3. The molecule has 2 fully saturated rings. The molecule has 2 saturated heterocycles. The molecule has 4 heteroatoms. The third-order valence-corrected chi connectivity index (χ3v) is 4.49. The molecular formula is C14H29N3O. The first-order valence-electron chi connectivity index (χ1n) is 7.44. The summed E-state index contributed by atoms with van der Waals surface area (Å²) in [5.74, 6) is 0. The zero-order valence-corrected chi connectivity index (χ0v) is 12.2. The number of nitrogens with zero attached hydrogens (tertiary/aromatic N) is 2. The van der Waals surface area contributed by atoms with Crippen molar-refractivity contribution in [3.05, 3.63) is 0 Å². The van der Waals surface area contributed by atoms with E-state index in [1.54, 1.807) is 0 Å². The number of rotatable bonds is 4. The number of likely N-dealkylation sites (tertiary alicyclic amines) is 1. The zero-order valence-electron chi connectivity index (χ0n) is 12.2. The third-order valence-electron chi connectivity index (χ3n) is 4.49. The number of ether oxygens (including phenoxy) is 1. The Labute approximate surface area is 112 Å². The molecule has 2 aliphatic rings. The van der Waals surface area contributed by atoms with Crippen molar-refractivity contribution in [2.45, 2.75) is 44.3 Å². The summed E-state index contributed by atoms with van der Waals surface area (Å²) < 4.78 is 5.70. The molecule has 0 aromatic rings. The quantitative estimate of drug-likeness (QED) is 0.803. The second kappa shape index (κ2) is 6.85. The molecule has 3 unspecified atom stereocenters. The second-order valence-corrected chi connectivity index (χ2v) is 5.82. The maximum atomic E-state index is 5.70. The van der Waals surface area contributed by atoms with Crippen LogP contribution in [0.25, 0.3) is 0 Å². The van der Waals surface area contributed by atoms with Crippen molar-refractivity contribution in [2.75, 3.05) is 46.9 Å². The summed E-state index contributed by atoms with van der Waals surface area (Å²) in [5.41, 5.74) is 0. The highest BCUT2D eigenvalue weighted by atomic mass is 16.5. The molecule has 2 rings (SSSR count). The Bertz CT molecular complexity index is 247. The van der Waals surface area contributed by atoms with Crippen LogP contribution in [0.3, 0.4) is 0 Å². The average molecular weight is 255 g/mol. The second-order valence-electron chi connectivity index (χ2n) is 5.82.